The minimum Gasteiger partial charge on any atom is -0.324 e. The van der Waals surface area contributed by atoms with Gasteiger partial charge in [0.25, 0.3) is 5.91 Å². The Bertz CT molecular complexity index is 1020. The van der Waals surface area contributed by atoms with Gasteiger partial charge in [0.05, 0.1) is 5.69 Å². The zero-order chi connectivity index (χ0) is 21.8. The Morgan fingerprint density at radius 3 is 2.62 bits per heavy atom. The molecule has 1 aromatic heterocycles. The number of hydrogen-bond donors (Lipinski definition) is 3. The fourth-order valence-corrected chi connectivity index (χ4v) is 3.19. The van der Waals surface area contributed by atoms with E-state index in [4.69, 9.17) is 9.79 Å². The molecule has 0 spiro atoms. The summed E-state index contributed by atoms with van der Waals surface area (Å²) in [6.45, 7) is 5.14. The molecule has 0 fully saturated rings. The summed E-state index contributed by atoms with van der Waals surface area (Å²) in [6, 6.07) is 3.56. The van der Waals surface area contributed by atoms with Crippen molar-refractivity contribution in [3.8, 4) is 0 Å². The number of nitrogens with one attached hydrogen (secondary N) is 1. The molecule has 29 heavy (non-hydrogen) atoms. The van der Waals surface area contributed by atoms with Gasteiger partial charge in [-0.3, -0.25) is 18.7 Å². The van der Waals surface area contributed by atoms with Crippen molar-refractivity contribution in [1.82, 2.24) is 4.57 Å². The molecule has 12 heteroatoms. The lowest BCUT2D eigenvalue weighted by Crippen LogP contribution is -2.20. The molecule has 2 amide bonds. The summed E-state index contributed by atoms with van der Waals surface area (Å²) < 4.78 is 30.7. The second kappa shape index (κ2) is 9.10. The summed E-state index contributed by atoms with van der Waals surface area (Å²) in [6.07, 6.45) is 1.64. The summed E-state index contributed by atoms with van der Waals surface area (Å²) in [5.74, 6) is -1.88. The van der Waals surface area contributed by atoms with Gasteiger partial charge in [-0.05, 0) is 23.6 Å². The Kier molecular flexibility index (Phi) is 7.25. The molecule has 0 atom stereocenters. The SMILES string of the molecule is CC(C)(C)CC(=O)Nc1ccc(C(=O)N=c2sccn2COP(=O)(O)O)cc1F. The van der Waals surface area contributed by atoms with Crippen LogP contribution in [0.5, 0.6) is 0 Å². The number of phosphoric ester groups is 1. The van der Waals surface area contributed by atoms with Crippen LogP contribution in [0.25, 0.3) is 0 Å². The molecule has 0 saturated carbocycles. The highest BCUT2D eigenvalue weighted by Crippen LogP contribution is 2.35. The summed E-state index contributed by atoms with van der Waals surface area (Å²) in [5.41, 5.74) is -0.348. The molecule has 2 rings (SSSR count). The van der Waals surface area contributed by atoms with Crippen LogP contribution < -0.4 is 10.1 Å². The van der Waals surface area contributed by atoms with Crippen LogP contribution in [0.4, 0.5) is 10.1 Å². The van der Waals surface area contributed by atoms with E-state index >= 15 is 0 Å². The fourth-order valence-electron chi connectivity index (χ4n) is 2.20. The molecule has 1 aromatic carbocycles. The van der Waals surface area contributed by atoms with E-state index in [1.54, 1.807) is 5.38 Å². The molecule has 2 aromatic rings. The van der Waals surface area contributed by atoms with Crippen molar-refractivity contribution in [3.05, 3.63) is 46.0 Å². The number of rotatable bonds is 6. The maximum atomic E-state index is 14.3. The number of hydrogen-bond acceptors (Lipinski definition) is 5. The number of carbonyl (C=O) groups excluding carboxylic acids is 2. The van der Waals surface area contributed by atoms with E-state index < -0.39 is 26.3 Å². The zero-order valence-corrected chi connectivity index (χ0v) is 17.7. The van der Waals surface area contributed by atoms with Crippen molar-refractivity contribution in [2.75, 3.05) is 5.32 Å². The van der Waals surface area contributed by atoms with Gasteiger partial charge in [-0.15, -0.1) is 11.3 Å². The number of thiazole rings is 1. The highest BCUT2D eigenvalue weighted by Gasteiger charge is 2.18. The van der Waals surface area contributed by atoms with Gasteiger partial charge in [0.2, 0.25) is 5.91 Å². The van der Waals surface area contributed by atoms with Crippen LogP contribution in [0.2, 0.25) is 0 Å². The first-order chi connectivity index (χ1) is 13.3. The quantitative estimate of drug-likeness (QED) is 0.586. The molecule has 0 radical (unpaired) electrons. The zero-order valence-electron chi connectivity index (χ0n) is 16.0. The lowest BCUT2D eigenvalue weighted by molar-refractivity contribution is -0.117. The van der Waals surface area contributed by atoms with Gasteiger partial charge < -0.3 is 15.1 Å². The number of benzene rings is 1. The van der Waals surface area contributed by atoms with Crippen LogP contribution in [-0.2, 0) is 20.6 Å². The van der Waals surface area contributed by atoms with Gasteiger partial charge in [-0.25, -0.2) is 8.96 Å². The van der Waals surface area contributed by atoms with Crippen LogP contribution in [0.3, 0.4) is 0 Å². The van der Waals surface area contributed by atoms with Gasteiger partial charge in [0.15, 0.2) is 4.80 Å². The highest BCUT2D eigenvalue weighted by molar-refractivity contribution is 7.46. The standard InChI is InChI=1S/C17H21FN3O6PS/c1-17(2,3)9-14(22)19-13-5-4-11(8-12(13)18)15(23)20-16-21(6-7-29-16)10-27-28(24,25)26/h4-8H,9-10H2,1-3H3,(H,19,22)(H2,24,25,26). The van der Waals surface area contributed by atoms with Crippen LogP contribution in [0, 0.1) is 11.2 Å². The van der Waals surface area contributed by atoms with Gasteiger partial charge >= 0.3 is 7.82 Å². The summed E-state index contributed by atoms with van der Waals surface area (Å²) >= 11 is 1.04. The molecule has 0 aliphatic rings. The van der Waals surface area contributed by atoms with Crippen molar-refractivity contribution in [2.45, 2.75) is 33.9 Å². The number of phosphoric acid groups is 1. The Balaban J connectivity index is 2.16. The number of halogens is 1. The van der Waals surface area contributed by atoms with Gasteiger partial charge in [0, 0.05) is 23.6 Å². The number of amides is 2. The van der Waals surface area contributed by atoms with E-state index in [0.717, 1.165) is 17.4 Å². The Hall–Kier alpha value is -2.17. The monoisotopic (exact) mass is 445 g/mol. The van der Waals surface area contributed by atoms with Gasteiger partial charge in [-0.1, -0.05) is 20.8 Å². The molecular formula is C17H21FN3O6PS. The van der Waals surface area contributed by atoms with E-state index in [1.807, 2.05) is 20.8 Å². The topological polar surface area (TPSA) is 130 Å². The van der Waals surface area contributed by atoms with E-state index in [2.05, 4.69) is 14.8 Å². The second-order valence-electron chi connectivity index (χ2n) is 7.30. The number of carbonyl (C=O) groups is 2. The average molecular weight is 445 g/mol. The molecule has 0 saturated heterocycles. The molecule has 3 N–H and O–H groups in total. The Morgan fingerprint density at radius 1 is 1.34 bits per heavy atom. The molecule has 0 bridgehead atoms. The third kappa shape index (κ3) is 7.64. The Labute approximate surface area is 170 Å². The van der Waals surface area contributed by atoms with Crippen LogP contribution in [0.15, 0.2) is 34.8 Å². The highest BCUT2D eigenvalue weighted by atomic mass is 32.1. The molecule has 0 aliphatic heterocycles. The number of nitrogens with zero attached hydrogens (tertiary/aromatic N) is 2. The number of anilines is 1. The molecule has 9 nitrogen and oxygen atoms in total. The van der Waals surface area contributed by atoms with Gasteiger partial charge in [-0.2, -0.15) is 4.99 Å². The lowest BCUT2D eigenvalue weighted by Gasteiger charge is -2.17. The van der Waals surface area contributed by atoms with Crippen molar-refractivity contribution in [3.63, 3.8) is 0 Å². The van der Waals surface area contributed by atoms with E-state index in [-0.39, 0.29) is 33.8 Å². The maximum absolute atomic E-state index is 14.3. The third-order valence-electron chi connectivity index (χ3n) is 3.40. The first-order valence-electron chi connectivity index (χ1n) is 8.36. The smallest absolute Gasteiger partial charge is 0.324 e. The average Bonchev–Trinajstić information content (AvgIpc) is 2.99. The minimum atomic E-state index is -4.68. The van der Waals surface area contributed by atoms with E-state index in [9.17, 15) is 18.5 Å². The number of aromatic nitrogens is 1. The summed E-state index contributed by atoms with van der Waals surface area (Å²) in [7, 11) is -4.68. The van der Waals surface area contributed by atoms with Crippen LogP contribution >= 0.6 is 19.2 Å². The maximum Gasteiger partial charge on any atom is 0.471 e. The van der Waals surface area contributed by atoms with Crippen molar-refractivity contribution < 1.29 is 32.9 Å². The lowest BCUT2D eigenvalue weighted by atomic mass is 9.92. The minimum absolute atomic E-state index is 0.0444. The first-order valence-corrected chi connectivity index (χ1v) is 10.8. The van der Waals surface area contributed by atoms with E-state index in [1.165, 1.54) is 22.9 Å². The van der Waals surface area contributed by atoms with E-state index in [0.29, 0.717) is 0 Å². The molecule has 1 heterocycles. The van der Waals surface area contributed by atoms with Crippen molar-refractivity contribution in [1.29, 1.82) is 0 Å². The first kappa shape index (κ1) is 23.1. The molecule has 0 unspecified atom stereocenters. The summed E-state index contributed by atoms with van der Waals surface area (Å²) in [5, 5.41) is 4.02. The fraction of sp³-hybridized carbons (Fsp3) is 0.353. The van der Waals surface area contributed by atoms with Crippen molar-refractivity contribution in [2.24, 2.45) is 10.4 Å². The molecular weight excluding hydrogens is 424 g/mol. The summed E-state index contributed by atoms with van der Waals surface area (Å²) in [4.78, 5) is 45.7. The molecule has 158 valence electrons. The predicted molar refractivity (Wildman–Crippen MR) is 104 cm³/mol. The van der Waals surface area contributed by atoms with Gasteiger partial charge in [0.1, 0.15) is 12.5 Å². The normalized spacial score (nSPS) is 12.8. The third-order valence-corrected chi connectivity index (χ3v) is 4.65. The van der Waals surface area contributed by atoms with Crippen LogP contribution in [0.1, 0.15) is 37.6 Å². The largest absolute Gasteiger partial charge is 0.471 e. The van der Waals surface area contributed by atoms with Crippen molar-refractivity contribution >= 4 is 36.7 Å². The molecule has 0 aliphatic carbocycles. The predicted octanol–water partition coefficient (Wildman–Crippen LogP) is 2.87. The Morgan fingerprint density at radius 2 is 2.03 bits per heavy atom. The van der Waals surface area contributed by atoms with Crippen LogP contribution in [-0.4, -0.2) is 26.2 Å². The second-order valence-corrected chi connectivity index (χ2v) is 9.41.